The van der Waals surface area contributed by atoms with E-state index in [9.17, 15) is 49.1 Å². The topological polar surface area (TPSA) is 111 Å². The Morgan fingerprint density at radius 2 is 0.969 bits per heavy atom. The predicted molar refractivity (Wildman–Crippen MR) is 228 cm³/mol. The second-order valence-electron chi connectivity index (χ2n) is 14.3. The van der Waals surface area contributed by atoms with Crippen LogP contribution < -0.4 is 30.7 Å². The summed E-state index contributed by atoms with van der Waals surface area (Å²) in [5.41, 5.74) is 14.0. The van der Waals surface area contributed by atoms with Gasteiger partial charge in [-0.1, -0.05) is 84.9 Å². The Kier molecular flexibility index (Phi) is 16.8. The molecule has 0 aliphatic rings. The molecular formula is C48H43F9N4O4. The lowest BCUT2D eigenvalue weighted by Gasteiger charge is -2.26. The molecule has 0 saturated carbocycles. The smallest absolute Gasteiger partial charge is 0.416 e. The monoisotopic (exact) mass is 910 g/mol. The maximum absolute atomic E-state index is 13.9. The number of alkyl halides is 8. The SMILES string of the molecule is COc1cc(N(CCc2ccc(C(F)(F)F)cc2)C(=O)C(N)c2ccccc2)ccc1F.NC(C(=O)N(CCc1ccc(C(F)(F)F)cc1)c1ccc(OC(F)F)cc1)c1ccccc1. The summed E-state index contributed by atoms with van der Waals surface area (Å²) in [5.74, 6) is -1.58. The molecule has 0 spiro atoms. The van der Waals surface area contributed by atoms with E-state index in [4.69, 9.17) is 16.2 Å². The summed E-state index contributed by atoms with van der Waals surface area (Å²) in [5, 5.41) is 0. The van der Waals surface area contributed by atoms with Crippen LogP contribution in [0.15, 0.2) is 152 Å². The molecule has 6 aromatic rings. The third-order valence-electron chi connectivity index (χ3n) is 10.0. The van der Waals surface area contributed by atoms with E-state index in [1.807, 2.05) is 0 Å². The van der Waals surface area contributed by atoms with E-state index in [0.29, 0.717) is 33.6 Å². The quantitative estimate of drug-likeness (QED) is 0.0993. The molecule has 4 N–H and O–H groups in total. The average Bonchev–Trinajstić information content (AvgIpc) is 3.29. The fourth-order valence-electron chi connectivity index (χ4n) is 6.50. The molecule has 0 fully saturated rings. The van der Waals surface area contributed by atoms with Crippen molar-refractivity contribution in [2.75, 3.05) is 30.0 Å². The zero-order valence-electron chi connectivity index (χ0n) is 34.6. The molecular weight excluding hydrogens is 868 g/mol. The fraction of sp³-hybridized carbons (Fsp3) is 0.208. The lowest BCUT2D eigenvalue weighted by molar-refractivity contribution is -0.138. The van der Waals surface area contributed by atoms with Gasteiger partial charge in [0.05, 0.1) is 18.2 Å². The van der Waals surface area contributed by atoms with Crippen molar-refractivity contribution < 1.29 is 58.6 Å². The highest BCUT2D eigenvalue weighted by atomic mass is 19.4. The van der Waals surface area contributed by atoms with Crippen LogP contribution in [0.3, 0.4) is 0 Å². The molecule has 0 aliphatic carbocycles. The molecule has 0 aliphatic heterocycles. The van der Waals surface area contributed by atoms with E-state index in [1.165, 1.54) is 83.6 Å². The summed E-state index contributed by atoms with van der Waals surface area (Å²) < 4.78 is 125. The minimum absolute atomic E-state index is 0.0388. The molecule has 0 heterocycles. The molecule has 6 rings (SSSR count). The Morgan fingerprint density at radius 3 is 1.35 bits per heavy atom. The number of ether oxygens (including phenoxy) is 2. The lowest BCUT2D eigenvalue weighted by Crippen LogP contribution is -2.40. The van der Waals surface area contributed by atoms with Crippen LogP contribution in [-0.4, -0.2) is 38.6 Å². The van der Waals surface area contributed by atoms with Gasteiger partial charge in [0.2, 0.25) is 11.8 Å². The van der Waals surface area contributed by atoms with Gasteiger partial charge in [0, 0.05) is 30.5 Å². The van der Waals surface area contributed by atoms with Gasteiger partial charge in [0.15, 0.2) is 11.6 Å². The van der Waals surface area contributed by atoms with Crippen LogP contribution in [0.2, 0.25) is 0 Å². The van der Waals surface area contributed by atoms with Crippen LogP contribution in [0.5, 0.6) is 11.5 Å². The van der Waals surface area contributed by atoms with Gasteiger partial charge in [-0.2, -0.15) is 35.1 Å². The van der Waals surface area contributed by atoms with Crippen molar-refractivity contribution >= 4 is 23.2 Å². The van der Waals surface area contributed by atoms with Gasteiger partial charge in [-0.25, -0.2) is 4.39 Å². The van der Waals surface area contributed by atoms with Crippen molar-refractivity contribution in [2.24, 2.45) is 11.5 Å². The Morgan fingerprint density at radius 1 is 0.569 bits per heavy atom. The summed E-state index contributed by atoms with van der Waals surface area (Å²) >= 11 is 0. The van der Waals surface area contributed by atoms with Gasteiger partial charge in [0.1, 0.15) is 17.8 Å². The number of hydrogen-bond donors (Lipinski definition) is 2. The Hall–Kier alpha value is -6.85. The predicted octanol–water partition coefficient (Wildman–Crippen LogP) is 10.7. The average molecular weight is 911 g/mol. The zero-order valence-corrected chi connectivity index (χ0v) is 34.6. The molecule has 0 aromatic heterocycles. The highest BCUT2D eigenvalue weighted by Gasteiger charge is 2.31. The number of nitrogens with zero attached hydrogens (tertiary/aromatic N) is 2. The highest BCUT2D eigenvalue weighted by molar-refractivity contribution is 5.98. The van der Waals surface area contributed by atoms with Crippen LogP contribution >= 0.6 is 0 Å². The van der Waals surface area contributed by atoms with Crippen molar-refractivity contribution in [2.45, 2.75) is 43.9 Å². The van der Waals surface area contributed by atoms with Crippen LogP contribution in [-0.2, 0) is 34.8 Å². The van der Waals surface area contributed by atoms with Gasteiger partial charge in [0.25, 0.3) is 0 Å². The lowest BCUT2D eigenvalue weighted by atomic mass is 10.0. The maximum Gasteiger partial charge on any atom is 0.416 e. The van der Waals surface area contributed by atoms with E-state index in [2.05, 4.69) is 4.74 Å². The minimum Gasteiger partial charge on any atom is -0.494 e. The number of rotatable bonds is 15. The molecule has 6 aromatic carbocycles. The molecule has 0 saturated heterocycles. The maximum atomic E-state index is 13.9. The van der Waals surface area contributed by atoms with Crippen molar-refractivity contribution in [3.8, 4) is 11.5 Å². The summed E-state index contributed by atoms with van der Waals surface area (Å²) in [6.45, 7) is -2.75. The molecule has 2 atom stereocenters. The van der Waals surface area contributed by atoms with Crippen LogP contribution in [0.1, 0.15) is 45.5 Å². The zero-order chi connectivity index (χ0) is 47.3. The van der Waals surface area contributed by atoms with Crippen molar-refractivity contribution in [3.63, 3.8) is 0 Å². The summed E-state index contributed by atoms with van der Waals surface area (Å²) in [4.78, 5) is 29.2. The molecule has 65 heavy (non-hydrogen) atoms. The molecule has 2 amide bonds. The van der Waals surface area contributed by atoms with E-state index in [0.717, 1.165) is 24.3 Å². The van der Waals surface area contributed by atoms with Gasteiger partial charge >= 0.3 is 19.0 Å². The molecule has 2 unspecified atom stereocenters. The first-order valence-electron chi connectivity index (χ1n) is 19.8. The van der Waals surface area contributed by atoms with Gasteiger partial charge in [-0.3, -0.25) is 9.59 Å². The first-order valence-corrected chi connectivity index (χ1v) is 19.8. The van der Waals surface area contributed by atoms with E-state index >= 15 is 0 Å². The van der Waals surface area contributed by atoms with Crippen molar-refractivity contribution in [3.05, 3.63) is 191 Å². The highest BCUT2D eigenvalue weighted by Crippen LogP contribution is 2.32. The number of amides is 2. The normalized spacial score (nSPS) is 12.4. The first kappa shape index (κ1) is 49.2. The summed E-state index contributed by atoms with van der Waals surface area (Å²) in [6, 6.07) is 34.4. The Labute approximate surface area is 368 Å². The molecule has 342 valence electrons. The number of methoxy groups -OCH3 is 1. The van der Waals surface area contributed by atoms with Gasteiger partial charge in [-0.05, 0) is 95.8 Å². The minimum atomic E-state index is -4.44. The summed E-state index contributed by atoms with van der Waals surface area (Å²) in [6.07, 6.45) is -8.34. The van der Waals surface area contributed by atoms with Crippen LogP contribution in [0.25, 0.3) is 0 Å². The Bertz CT molecular complexity index is 2440. The first-order chi connectivity index (χ1) is 30.8. The van der Waals surface area contributed by atoms with Crippen molar-refractivity contribution in [1.29, 1.82) is 0 Å². The van der Waals surface area contributed by atoms with Crippen molar-refractivity contribution in [1.82, 2.24) is 0 Å². The number of benzene rings is 6. The number of anilines is 2. The van der Waals surface area contributed by atoms with E-state index < -0.39 is 59.8 Å². The molecule has 0 radical (unpaired) electrons. The second-order valence-corrected chi connectivity index (χ2v) is 14.3. The standard InChI is InChI=1S/C24H21F5N2O2.C24H22F4N2O2/c25-23(26)33-20-12-10-19(11-13-20)31(22(32)21(30)17-4-2-1-3-5-17)15-14-16-6-8-18(9-7-16)24(27,28)29;1-32-21-15-19(11-12-20(21)25)30(23(31)22(29)17-5-3-2-4-6-17)14-13-16-7-9-18(10-8-16)24(26,27)28/h1-13,21,23H,14-15,30H2;2-12,15,22H,13-14,29H2,1H3. The number of halogens is 9. The van der Waals surface area contributed by atoms with Crippen LogP contribution in [0.4, 0.5) is 50.9 Å². The third kappa shape index (κ3) is 13.8. The fourth-order valence-corrected chi connectivity index (χ4v) is 6.50. The number of carbonyl (C=O) groups excluding carboxylic acids is 2. The van der Waals surface area contributed by atoms with Gasteiger partial charge < -0.3 is 30.7 Å². The Balaban J connectivity index is 0.000000244. The molecule has 17 heteroatoms. The largest absolute Gasteiger partial charge is 0.494 e. The van der Waals surface area contributed by atoms with E-state index in [1.54, 1.807) is 60.7 Å². The summed E-state index contributed by atoms with van der Waals surface area (Å²) in [7, 11) is 1.31. The number of hydrogen-bond acceptors (Lipinski definition) is 6. The van der Waals surface area contributed by atoms with Crippen LogP contribution in [0, 0.1) is 5.82 Å². The number of carbonyl (C=O) groups is 2. The second kappa shape index (κ2) is 22.2. The number of nitrogens with two attached hydrogens (primary N) is 2. The molecule has 0 bridgehead atoms. The molecule has 8 nitrogen and oxygen atoms in total. The van der Waals surface area contributed by atoms with E-state index in [-0.39, 0.29) is 37.4 Å². The van der Waals surface area contributed by atoms with Gasteiger partial charge in [-0.15, -0.1) is 0 Å². The third-order valence-corrected chi connectivity index (χ3v) is 10.0.